The second kappa shape index (κ2) is 9.80. The summed E-state index contributed by atoms with van der Waals surface area (Å²) in [4.78, 5) is 48.0. The fourth-order valence-electron chi connectivity index (χ4n) is 4.87. The molecule has 3 aromatic heterocycles. The molecule has 40 heavy (non-hydrogen) atoms. The Hall–Kier alpha value is -5.26. The number of hydrogen-bond acceptors (Lipinski definition) is 7. The van der Waals surface area contributed by atoms with E-state index in [1.165, 1.54) is 10.9 Å². The van der Waals surface area contributed by atoms with Crippen LogP contribution in [0.3, 0.4) is 0 Å². The van der Waals surface area contributed by atoms with Crippen LogP contribution in [-0.4, -0.2) is 55.0 Å². The van der Waals surface area contributed by atoms with Crippen molar-refractivity contribution in [3.63, 3.8) is 0 Å². The minimum atomic E-state index is -0.584. The van der Waals surface area contributed by atoms with Crippen molar-refractivity contribution in [2.45, 2.75) is 20.3 Å². The van der Waals surface area contributed by atoms with Gasteiger partial charge in [-0.3, -0.25) is 19.4 Å². The summed E-state index contributed by atoms with van der Waals surface area (Å²) in [6.45, 7) is 3.94. The van der Waals surface area contributed by atoms with Crippen molar-refractivity contribution >= 4 is 34.4 Å². The number of benzene rings is 2. The molecule has 0 spiro atoms. The molecule has 0 saturated carbocycles. The lowest BCUT2D eigenvalue weighted by Gasteiger charge is -2.17. The third-order valence-electron chi connectivity index (χ3n) is 6.91. The van der Waals surface area contributed by atoms with Crippen LogP contribution in [-0.2, 0) is 9.59 Å². The van der Waals surface area contributed by atoms with Crippen LogP contribution >= 0.6 is 0 Å². The number of carbonyl (C=O) groups excluding carboxylic acids is 2. The van der Waals surface area contributed by atoms with Crippen LogP contribution in [0.25, 0.3) is 22.7 Å². The predicted octanol–water partition coefficient (Wildman–Crippen LogP) is 2.91. The fraction of sp³-hybridized carbons (Fsp3) is 0.214. The Morgan fingerprint density at radius 2 is 1.90 bits per heavy atom. The summed E-state index contributed by atoms with van der Waals surface area (Å²) in [5.74, 6) is -0.0117. The molecule has 2 N–H and O–H groups in total. The first-order valence-corrected chi connectivity index (χ1v) is 12.7. The normalized spacial score (nSPS) is 15.1. The second-order valence-corrected chi connectivity index (χ2v) is 9.65. The Bertz CT molecular complexity index is 1840. The average Bonchev–Trinajstić information content (AvgIpc) is 3.65. The zero-order valence-corrected chi connectivity index (χ0v) is 22.1. The lowest BCUT2D eigenvalue weighted by Crippen LogP contribution is -2.29. The molecule has 1 unspecified atom stereocenters. The highest BCUT2D eigenvalue weighted by Crippen LogP contribution is 2.29. The predicted molar refractivity (Wildman–Crippen MR) is 148 cm³/mol. The molecule has 202 valence electrons. The van der Waals surface area contributed by atoms with Gasteiger partial charge in [0.2, 0.25) is 17.8 Å². The standard InChI is InChI=1S/C28H26N8O4/c1-16-7-4-5-10-22(16)35-25-21(14-29-35)27(39)32-28(31-25)36-23(11-17(2)33-36)30-26(38)18-12-24(37)34(15-18)19-8-6-9-20(13-19)40-3/h4-11,13-14,18H,12,15H2,1-3H3,(H,30,38)(H,31,32,39). The maximum atomic E-state index is 13.3. The van der Waals surface area contributed by atoms with Gasteiger partial charge in [0.25, 0.3) is 5.56 Å². The van der Waals surface area contributed by atoms with Gasteiger partial charge in [-0.15, -0.1) is 0 Å². The SMILES string of the molecule is COc1cccc(N2CC(C(=O)Nc3cc(C)nn3-c3nc4c(cnn4-c4ccccc4C)c(=O)[nH]3)CC2=O)c1. The number of nitrogens with one attached hydrogen (secondary N) is 2. The average molecular weight is 539 g/mol. The number of anilines is 2. The summed E-state index contributed by atoms with van der Waals surface area (Å²) in [7, 11) is 1.56. The van der Waals surface area contributed by atoms with Gasteiger partial charge >= 0.3 is 0 Å². The quantitative estimate of drug-likeness (QED) is 0.339. The molecule has 12 nitrogen and oxygen atoms in total. The number of aromatic nitrogens is 6. The van der Waals surface area contributed by atoms with Gasteiger partial charge in [-0.1, -0.05) is 24.3 Å². The summed E-state index contributed by atoms with van der Waals surface area (Å²) in [6, 6.07) is 16.5. The van der Waals surface area contributed by atoms with Crippen LogP contribution in [0.4, 0.5) is 11.5 Å². The number of ether oxygens (including phenoxy) is 1. The van der Waals surface area contributed by atoms with Gasteiger partial charge in [-0.2, -0.15) is 19.9 Å². The van der Waals surface area contributed by atoms with E-state index in [1.54, 1.807) is 53.9 Å². The molecular formula is C28H26N8O4. The highest BCUT2D eigenvalue weighted by molar-refractivity contribution is 6.03. The van der Waals surface area contributed by atoms with Crippen LogP contribution < -0.4 is 20.5 Å². The number of para-hydroxylation sites is 1. The van der Waals surface area contributed by atoms with Gasteiger partial charge in [0, 0.05) is 30.8 Å². The van der Waals surface area contributed by atoms with Crippen LogP contribution in [0.1, 0.15) is 17.7 Å². The Morgan fingerprint density at radius 3 is 2.70 bits per heavy atom. The fourth-order valence-corrected chi connectivity index (χ4v) is 4.87. The molecule has 1 saturated heterocycles. The molecule has 0 radical (unpaired) electrons. The molecule has 0 bridgehead atoms. The zero-order chi connectivity index (χ0) is 28.0. The van der Waals surface area contributed by atoms with Crippen LogP contribution in [0.2, 0.25) is 0 Å². The Kier molecular flexibility index (Phi) is 6.14. The van der Waals surface area contributed by atoms with Crippen molar-refractivity contribution in [2.24, 2.45) is 5.92 Å². The van der Waals surface area contributed by atoms with Crippen LogP contribution in [0.15, 0.2) is 65.6 Å². The smallest absolute Gasteiger partial charge is 0.263 e. The molecule has 1 aliphatic heterocycles. The van der Waals surface area contributed by atoms with Crippen molar-refractivity contribution in [3.05, 3.63) is 82.4 Å². The lowest BCUT2D eigenvalue weighted by molar-refractivity contribution is -0.122. The van der Waals surface area contributed by atoms with E-state index in [0.29, 0.717) is 34.0 Å². The van der Waals surface area contributed by atoms with Crippen molar-refractivity contribution in [2.75, 3.05) is 23.9 Å². The van der Waals surface area contributed by atoms with Crippen LogP contribution in [0, 0.1) is 19.8 Å². The van der Waals surface area contributed by atoms with E-state index < -0.39 is 5.92 Å². The van der Waals surface area contributed by atoms with Gasteiger partial charge in [-0.05, 0) is 37.6 Å². The molecular weight excluding hydrogens is 512 g/mol. The number of carbonyl (C=O) groups is 2. The summed E-state index contributed by atoms with van der Waals surface area (Å²) in [6.07, 6.45) is 1.53. The van der Waals surface area contributed by atoms with E-state index in [4.69, 9.17) is 4.74 Å². The van der Waals surface area contributed by atoms with Gasteiger partial charge in [0.1, 0.15) is 17.0 Å². The maximum Gasteiger partial charge on any atom is 0.263 e. The monoisotopic (exact) mass is 538 g/mol. The molecule has 0 aliphatic carbocycles. The number of aromatic amines is 1. The summed E-state index contributed by atoms with van der Waals surface area (Å²) < 4.78 is 8.25. The molecule has 4 heterocycles. The van der Waals surface area contributed by atoms with E-state index in [1.807, 2.05) is 31.2 Å². The van der Waals surface area contributed by atoms with Crippen molar-refractivity contribution < 1.29 is 14.3 Å². The molecule has 1 aliphatic rings. The summed E-state index contributed by atoms with van der Waals surface area (Å²) >= 11 is 0. The summed E-state index contributed by atoms with van der Waals surface area (Å²) in [5.41, 5.74) is 2.99. The lowest BCUT2D eigenvalue weighted by atomic mass is 10.1. The first kappa shape index (κ1) is 25.0. The number of aryl methyl sites for hydroxylation is 2. The number of rotatable bonds is 6. The number of fused-ring (bicyclic) bond motifs is 1. The van der Waals surface area contributed by atoms with Crippen molar-refractivity contribution in [1.82, 2.24) is 29.5 Å². The number of methoxy groups -OCH3 is 1. The number of nitrogens with zero attached hydrogens (tertiary/aromatic N) is 6. The Labute approximate surface area is 228 Å². The van der Waals surface area contributed by atoms with Gasteiger partial charge in [0.15, 0.2) is 5.65 Å². The van der Waals surface area contributed by atoms with Gasteiger partial charge < -0.3 is 15.0 Å². The minimum Gasteiger partial charge on any atom is -0.497 e. The molecule has 1 fully saturated rings. The van der Waals surface area contributed by atoms with Crippen molar-refractivity contribution in [1.29, 1.82) is 0 Å². The highest BCUT2D eigenvalue weighted by atomic mass is 16.5. The molecule has 6 rings (SSSR count). The Morgan fingerprint density at radius 1 is 1.07 bits per heavy atom. The van der Waals surface area contributed by atoms with Gasteiger partial charge in [-0.25, -0.2) is 4.68 Å². The zero-order valence-electron chi connectivity index (χ0n) is 22.1. The van der Waals surface area contributed by atoms with E-state index in [9.17, 15) is 14.4 Å². The highest BCUT2D eigenvalue weighted by Gasteiger charge is 2.36. The molecule has 12 heteroatoms. The molecule has 5 aromatic rings. The van der Waals surface area contributed by atoms with Gasteiger partial charge in [0.05, 0.1) is 30.6 Å². The third-order valence-corrected chi connectivity index (χ3v) is 6.91. The van der Waals surface area contributed by atoms with E-state index >= 15 is 0 Å². The summed E-state index contributed by atoms with van der Waals surface area (Å²) in [5, 5.41) is 12.0. The number of hydrogen-bond donors (Lipinski definition) is 2. The maximum absolute atomic E-state index is 13.3. The molecule has 1 atom stereocenters. The topological polar surface area (TPSA) is 140 Å². The van der Waals surface area contributed by atoms with Crippen molar-refractivity contribution in [3.8, 4) is 17.4 Å². The van der Waals surface area contributed by atoms with E-state index in [2.05, 4.69) is 25.5 Å². The number of H-pyrrole nitrogens is 1. The molecule has 2 amide bonds. The second-order valence-electron chi connectivity index (χ2n) is 9.65. The first-order chi connectivity index (χ1) is 19.3. The van der Waals surface area contributed by atoms with E-state index in [-0.39, 0.29) is 36.3 Å². The minimum absolute atomic E-state index is 0.0623. The van der Waals surface area contributed by atoms with E-state index in [0.717, 1.165) is 11.3 Å². The number of amides is 2. The largest absolute Gasteiger partial charge is 0.497 e. The molecule has 2 aromatic carbocycles. The van der Waals surface area contributed by atoms with Crippen LogP contribution in [0.5, 0.6) is 5.75 Å². The Balaban J connectivity index is 1.30. The first-order valence-electron chi connectivity index (χ1n) is 12.7. The third kappa shape index (κ3) is 4.38.